The lowest BCUT2D eigenvalue weighted by atomic mass is 10.1. The van der Waals surface area contributed by atoms with E-state index in [4.69, 9.17) is 11.0 Å². The van der Waals surface area contributed by atoms with E-state index in [0.717, 1.165) is 0 Å². The summed E-state index contributed by atoms with van der Waals surface area (Å²) in [6, 6.07) is 6.11. The summed E-state index contributed by atoms with van der Waals surface area (Å²) in [5.74, 6) is 0.294. The van der Waals surface area contributed by atoms with Gasteiger partial charge in [-0.1, -0.05) is 11.8 Å². The molecule has 0 bridgehead atoms. The molecule has 17 heavy (non-hydrogen) atoms. The van der Waals surface area contributed by atoms with Gasteiger partial charge >= 0.3 is 0 Å². The molecule has 1 aromatic heterocycles. The van der Waals surface area contributed by atoms with Crippen LogP contribution in [0, 0.1) is 17.1 Å². The van der Waals surface area contributed by atoms with Crippen molar-refractivity contribution in [2.45, 2.75) is 10.9 Å². The number of H-pyrrole nitrogens is 1. The van der Waals surface area contributed by atoms with Gasteiger partial charge in [0.05, 0.1) is 11.6 Å². The van der Waals surface area contributed by atoms with Crippen LogP contribution in [0.1, 0.15) is 11.1 Å². The van der Waals surface area contributed by atoms with Gasteiger partial charge in [0.1, 0.15) is 5.82 Å². The van der Waals surface area contributed by atoms with Crippen molar-refractivity contribution in [3.8, 4) is 6.07 Å². The zero-order chi connectivity index (χ0) is 12.3. The number of nitrogen functional groups attached to an aromatic ring is 1. The van der Waals surface area contributed by atoms with E-state index in [9.17, 15) is 4.39 Å². The number of nitrogens with zero attached hydrogens (tertiary/aromatic N) is 3. The number of nitrogens with two attached hydrogens (primary N) is 1. The second-order valence-electron chi connectivity index (χ2n) is 3.25. The molecule has 3 N–H and O–H groups in total. The van der Waals surface area contributed by atoms with E-state index in [2.05, 4.69) is 15.2 Å². The first-order valence-electron chi connectivity index (χ1n) is 4.67. The number of aromatic nitrogens is 3. The van der Waals surface area contributed by atoms with Crippen LogP contribution >= 0.6 is 11.8 Å². The van der Waals surface area contributed by atoms with Crippen LogP contribution in [-0.4, -0.2) is 15.2 Å². The van der Waals surface area contributed by atoms with E-state index in [1.807, 2.05) is 6.07 Å². The third-order valence-corrected chi connectivity index (χ3v) is 2.86. The highest BCUT2D eigenvalue weighted by molar-refractivity contribution is 7.98. The largest absolute Gasteiger partial charge is 0.368 e. The molecule has 0 saturated heterocycles. The number of nitriles is 1. The number of hydrogen-bond acceptors (Lipinski definition) is 5. The van der Waals surface area contributed by atoms with Crippen LogP contribution in [0.4, 0.5) is 10.3 Å². The smallest absolute Gasteiger partial charge is 0.216 e. The molecule has 0 radical (unpaired) electrons. The topological polar surface area (TPSA) is 91.4 Å². The number of rotatable bonds is 3. The second kappa shape index (κ2) is 4.84. The Morgan fingerprint density at radius 2 is 2.29 bits per heavy atom. The summed E-state index contributed by atoms with van der Waals surface area (Å²) in [5, 5.41) is 15.5. The standard InChI is InChI=1S/C10H8FN5S/c11-8-2-6(4-12)1-7(3-8)5-17-10-14-9(13)15-16-10/h1-3H,5H2,(H3,13,14,15,16). The first-order valence-corrected chi connectivity index (χ1v) is 5.66. The number of hydrogen-bond donors (Lipinski definition) is 2. The van der Waals surface area contributed by atoms with Crippen LogP contribution < -0.4 is 5.73 Å². The third-order valence-electron chi connectivity index (χ3n) is 1.94. The highest BCUT2D eigenvalue weighted by atomic mass is 32.2. The maximum absolute atomic E-state index is 13.1. The van der Waals surface area contributed by atoms with Crippen molar-refractivity contribution in [3.05, 3.63) is 35.1 Å². The normalized spacial score (nSPS) is 10.1. The Balaban J connectivity index is 2.09. The Morgan fingerprint density at radius 1 is 1.47 bits per heavy atom. The van der Waals surface area contributed by atoms with Crippen molar-refractivity contribution in [1.82, 2.24) is 15.2 Å². The molecule has 0 atom stereocenters. The summed E-state index contributed by atoms with van der Waals surface area (Å²) < 4.78 is 13.1. The summed E-state index contributed by atoms with van der Waals surface area (Å²) in [6.45, 7) is 0. The average Bonchev–Trinajstić information content (AvgIpc) is 2.72. The minimum absolute atomic E-state index is 0.240. The Hall–Kier alpha value is -2.07. The molecule has 86 valence electrons. The highest BCUT2D eigenvalue weighted by Crippen LogP contribution is 2.20. The minimum Gasteiger partial charge on any atom is -0.368 e. The van der Waals surface area contributed by atoms with Crippen molar-refractivity contribution in [2.24, 2.45) is 0 Å². The molecule has 0 spiro atoms. The van der Waals surface area contributed by atoms with Crippen molar-refractivity contribution < 1.29 is 4.39 Å². The summed E-state index contributed by atoms with van der Waals surface area (Å²) >= 11 is 1.31. The first kappa shape index (κ1) is 11.4. The van der Waals surface area contributed by atoms with E-state index in [0.29, 0.717) is 22.0 Å². The fourth-order valence-electron chi connectivity index (χ4n) is 1.27. The molecule has 1 aromatic carbocycles. The van der Waals surface area contributed by atoms with Gasteiger partial charge in [0, 0.05) is 5.75 Å². The number of benzene rings is 1. The maximum atomic E-state index is 13.1. The third kappa shape index (κ3) is 2.95. The summed E-state index contributed by atoms with van der Waals surface area (Å²) in [7, 11) is 0. The van der Waals surface area contributed by atoms with Crippen LogP contribution in [0.25, 0.3) is 0 Å². The molecule has 1 heterocycles. The van der Waals surface area contributed by atoms with E-state index < -0.39 is 5.82 Å². The van der Waals surface area contributed by atoms with Gasteiger partial charge in [0.15, 0.2) is 0 Å². The summed E-state index contributed by atoms with van der Waals surface area (Å²) in [6.07, 6.45) is 0. The number of nitrogens with one attached hydrogen (secondary N) is 1. The Kier molecular flexibility index (Phi) is 3.25. The molecule has 0 fully saturated rings. The van der Waals surface area contributed by atoms with Crippen LogP contribution in [-0.2, 0) is 5.75 Å². The Bertz CT molecular complexity index is 574. The fourth-order valence-corrected chi connectivity index (χ4v) is 2.00. The van der Waals surface area contributed by atoms with E-state index in [1.165, 1.54) is 23.9 Å². The number of aromatic amines is 1. The molecule has 7 heteroatoms. The van der Waals surface area contributed by atoms with Crippen molar-refractivity contribution in [3.63, 3.8) is 0 Å². The minimum atomic E-state index is -0.422. The molecular weight excluding hydrogens is 241 g/mol. The second-order valence-corrected chi connectivity index (χ2v) is 4.19. The van der Waals surface area contributed by atoms with Crippen molar-refractivity contribution in [1.29, 1.82) is 5.26 Å². The van der Waals surface area contributed by atoms with Gasteiger partial charge in [-0.15, -0.1) is 5.10 Å². The molecule has 0 aliphatic rings. The van der Waals surface area contributed by atoms with E-state index >= 15 is 0 Å². The van der Waals surface area contributed by atoms with Crippen molar-refractivity contribution >= 4 is 17.7 Å². The molecule has 5 nitrogen and oxygen atoms in total. The van der Waals surface area contributed by atoms with Crippen molar-refractivity contribution in [2.75, 3.05) is 5.73 Å². The lowest BCUT2D eigenvalue weighted by Crippen LogP contribution is -1.87. The molecular formula is C10H8FN5S. The molecule has 0 amide bonds. The molecule has 0 aliphatic carbocycles. The van der Waals surface area contributed by atoms with Gasteiger partial charge in [-0.3, -0.25) is 0 Å². The molecule has 0 saturated carbocycles. The van der Waals surface area contributed by atoms with Gasteiger partial charge in [-0.2, -0.15) is 10.2 Å². The number of anilines is 1. The van der Waals surface area contributed by atoms with Gasteiger partial charge in [-0.25, -0.2) is 9.49 Å². The fraction of sp³-hybridized carbons (Fsp3) is 0.100. The van der Waals surface area contributed by atoms with Gasteiger partial charge in [0.25, 0.3) is 0 Å². The molecule has 2 rings (SSSR count). The Morgan fingerprint density at radius 3 is 2.94 bits per heavy atom. The first-order chi connectivity index (χ1) is 8.17. The van der Waals surface area contributed by atoms with Crippen LogP contribution in [0.2, 0.25) is 0 Å². The zero-order valence-corrected chi connectivity index (χ0v) is 9.46. The lowest BCUT2D eigenvalue weighted by molar-refractivity contribution is 0.626. The lowest BCUT2D eigenvalue weighted by Gasteiger charge is -1.99. The van der Waals surface area contributed by atoms with E-state index in [1.54, 1.807) is 6.07 Å². The number of thioether (sulfide) groups is 1. The Labute approximate surface area is 101 Å². The quantitative estimate of drug-likeness (QED) is 0.808. The predicted octanol–water partition coefficient (Wildman–Crippen LogP) is 1.69. The highest BCUT2D eigenvalue weighted by Gasteiger charge is 2.04. The molecule has 0 aliphatic heterocycles. The zero-order valence-electron chi connectivity index (χ0n) is 8.64. The van der Waals surface area contributed by atoms with Crippen LogP contribution in [0.15, 0.2) is 23.4 Å². The molecule has 2 aromatic rings. The predicted molar refractivity (Wildman–Crippen MR) is 61.5 cm³/mol. The SMILES string of the molecule is N#Cc1cc(F)cc(CSc2n[nH]c(N)n2)c1. The van der Waals surface area contributed by atoms with Crippen LogP contribution in [0.3, 0.4) is 0 Å². The monoisotopic (exact) mass is 249 g/mol. The maximum Gasteiger partial charge on any atom is 0.216 e. The average molecular weight is 249 g/mol. The summed E-state index contributed by atoms with van der Waals surface area (Å²) in [5.41, 5.74) is 6.38. The number of halogens is 1. The summed E-state index contributed by atoms with van der Waals surface area (Å²) in [4.78, 5) is 3.91. The molecule has 0 unspecified atom stereocenters. The van der Waals surface area contributed by atoms with Gasteiger partial charge in [-0.05, 0) is 23.8 Å². The van der Waals surface area contributed by atoms with Crippen LogP contribution in [0.5, 0.6) is 0 Å². The van der Waals surface area contributed by atoms with Gasteiger partial charge in [0.2, 0.25) is 11.1 Å². The van der Waals surface area contributed by atoms with Gasteiger partial charge < -0.3 is 5.73 Å². The van der Waals surface area contributed by atoms with E-state index in [-0.39, 0.29) is 5.95 Å².